The maximum absolute atomic E-state index is 12.0. The fraction of sp³-hybridized carbons (Fsp3) is 0.385. The molecule has 1 amide bonds. The Labute approximate surface area is 127 Å². The van der Waals surface area contributed by atoms with E-state index < -0.39 is 21.9 Å². The first-order valence-electron chi connectivity index (χ1n) is 6.43. The van der Waals surface area contributed by atoms with E-state index in [1.165, 1.54) is 30.2 Å². The Hall–Kier alpha value is -2.13. The van der Waals surface area contributed by atoms with Gasteiger partial charge in [-0.15, -0.1) is 0 Å². The number of phenolic OH excluding ortho intramolecular Hbond substituents is 1. The first-order chi connectivity index (χ1) is 10.2. The first kappa shape index (κ1) is 16.2. The van der Waals surface area contributed by atoms with Crippen molar-refractivity contribution in [1.82, 2.24) is 0 Å². The molecule has 1 heterocycles. The van der Waals surface area contributed by atoms with Gasteiger partial charge in [0.15, 0.2) is 0 Å². The molecule has 0 spiro atoms. The summed E-state index contributed by atoms with van der Waals surface area (Å²) in [4.78, 5) is 24.7. The summed E-state index contributed by atoms with van der Waals surface area (Å²) in [6.07, 6.45) is 0.0654. The highest BCUT2D eigenvalue weighted by atomic mass is 32.2. The minimum Gasteiger partial charge on any atom is -0.507 e. The van der Waals surface area contributed by atoms with Crippen molar-refractivity contribution in [3.05, 3.63) is 23.8 Å². The number of aromatic hydroxyl groups is 1. The first-order valence-corrected chi connectivity index (χ1v) is 8.15. The van der Waals surface area contributed by atoms with Crippen LogP contribution in [0, 0.1) is 5.92 Å². The van der Waals surface area contributed by atoms with E-state index >= 15 is 0 Å². The molecule has 8 nitrogen and oxygen atoms in total. The SMILES string of the molecule is COC(=O)c1ccc(N2CC(CS(N)(=O)=O)CC2=O)cc1O. The van der Waals surface area contributed by atoms with Crippen molar-refractivity contribution in [1.29, 1.82) is 0 Å². The van der Waals surface area contributed by atoms with Gasteiger partial charge in [0.25, 0.3) is 0 Å². The van der Waals surface area contributed by atoms with Gasteiger partial charge in [0.1, 0.15) is 11.3 Å². The number of phenols is 1. The number of esters is 1. The van der Waals surface area contributed by atoms with Gasteiger partial charge < -0.3 is 14.7 Å². The van der Waals surface area contributed by atoms with Crippen LogP contribution in [-0.2, 0) is 19.6 Å². The van der Waals surface area contributed by atoms with Crippen LogP contribution in [0.3, 0.4) is 0 Å². The number of ether oxygens (including phenoxy) is 1. The smallest absolute Gasteiger partial charge is 0.341 e. The van der Waals surface area contributed by atoms with Gasteiger partial charge in [0, 0.05) is 30.6 Å². The van der Waals surface area contributed by atoms with Crippen molar-refractivity contribution in [2.75, 3.05) is 24.3 Å². The maximum atomic E-state index is 12.0. The normalized spacial score (nSPS) is 18.5. The summed E-state index contributed by atoms with van der Waals surface area (Å²) in [5.74, 6) is -1.94. The second kappa shape index (κ2) is 5.93. The van der Waals surface area contributed by atoms with Gasteiger partial charge >= 0.3 is 5.97 Å². The van der Waals surface area contributed by atoms with Crippen molar-refractivity contribution in [2.24, 2.45) is 11.1 Å². The second-order valence-corrected chi connectivity index (χ2v) is 6.76. The number of sulfonamides is 1. The standard InChI is InChI=1S/C13H16N2O6S/c1-21-13(18)10-3-2-9(5-11(10)16)15-6-8(4-12(15)17)7-22(14,19)20/h2-3,5,8,16H,4,6-7H2,1H3,(H2,14,19,20). The number of anilines is 1. The number of primary sulfonamides is 1. The third kappa shape index (κ3) is 3.55. The number of benzene rings is 1. The van der Waals surface area contributed by atoms with Gasteiger partial charge in [-0.1, -0.05) is 0 Å². The lowest BCUT2D eigenvalue weighted by atomic mass is 10.1. The third-order valence-electron chi connectivity index (χ3n) is 3.37. The number of nitrogens with two attached hydrogens (primary N) is 1. The zero-order valence-corrected chi connectivity index (χ0v) is 12.7. The van der Waals surface area contributed by atoms with Crippen LogP contribution in [0.4, 0.5) is 5.69 Å². The van der Waals surface area contributed by atoms with E-state index in [9.17, 15) is 23.1 Å². The summed E-state index contributed by atoms with van der Waals surface area (Å²) in [6.45, 7) is 0.187. The van der Waals surface area contributed by atoms with Crippen LogP contribution in [-0.4, -0.2) is 44.8 Å². The monoisotopic (exact) mass is 328 g/mol. The summed E-state index contributed by atoms with van der Waals surface area (Å²) in [5.41, 5.74) is 0.367. The molecule has 1 fully saturated rings. The largest absolute Gasteiger partial charge is 0.507 e. The molecule has 0 saturated carbocycles. The van der Waals surface area contributed by atoms with Crippen molar-refractivity contribution in [2.45, 2.75) is 6.42 Å². The Kier molecular flexibility index (Phi) is 4.38. The number of amides is 1. The Morgan fingerprint density at radius 2 is 2.18 bits per heavy atom. The van der Waals surface area contributed by atoms with Crippen LogP contribution in [0.5, 0.6) is 5.75 Å². The van der Waals surface area contributed by atoms with E-state index in [-0.39, 0.29) is 35.9 Å². The van der Waals surface area contributed by atoms with Crippen molar-refractivity contribution < 1.29 is 27.9 Å². The van der Waals surface area contributed by atoms with Crippen molar-refractivity contribution >= 4 is 27.6 Å². The molecule has 1 atom stereocenters. The van der Waals surface area contributed by atoms with Crippen LogP contribution in [0.2, 0.25) is 0 Å². The van der Waals surface area contributed by atoms with E-state index in [0.717, 1.165) is 0 Å². The quantitative estimate of drug-likeness (QED) is 0.738. The molecule has 1 unspecified atom stereocenters. The van der Waals surface area contributed by atoms with Crippen molar-refractivity contribution in [3.8, 4) is 5.75 Å². The van der Waals surface area contributed by atoms with Gasteiger partial charge in [-0.3, -0.25) is 4.79 Å². The highest BCUT2D eigenvalue weighted by Gasteiger charge is 2.33. The molecular formula is C13H16N2O6S. The molecule has 1 aliphatic heterocycles. The van der Waals surface area contributed by atoms with Crippen LogP contribution in [0.15, 0.2) is 18.2 Å². The molecule has 0 radical (unpaired) electrons. The number of methoxy groups -OCH3 is 1. The number of carbonyl (C=O) groups is 2. The summed E-state index contributed by atoms with van der Waals surface area (Å²) < 4.78 is 26.7. The van der Waals surface area contributed by atoms with E-state index in [1.54, 1.807) is 0 Å². The molecule has 120 valence electrons. The molecule has 9 heteroatoms. The maximum Gasteiger partial charge on any atom is 0.341 e. The summed E-state index contributed by atoms with van der Waals surface area (Å²) in [7, 11) is -2.46. The fourth-order valence-corrected chi connectivity index (χ4v) is 3.32. The topological polar surface area (TPSA) is 127 Å². The number of carbonyl (C=O) groups excluding carboxylic acids is 2. The van der Waals surface area contributed by atoms with Gasteiger partial charge in [0.05, 0.1) is 12.9 Å². The third-order valence-corrected chi connectivity index (χ3v) is 4.31. The molecule has 1 aromatic rings. The summed E-state index contributed by atoms with van der Waals surface area (Å²) in [5, 5.41) is 14.8. The molecule has 22 heavy (non-hydrogen) atoms. The zero-order valence-electron chi connectivity index (χ0n) is 11.9. The molecule has 0 bridgehead atoms. The lowest BCUT2D eigenvalue weighted by molar-refractivity contribution is -0.117. The molecule has 0 aliphatic carbocycles. The Bertz CT molecular complexity index is 715. The predicted molar refractivity (Wildman–Crippen MR) is 77.9 cm³/mol. The van der Waals surface area contributed by atoms with Gasteiger partial charge in [-0.2, -0.15) is 0 Å². The highest BCUT2D eigenvalue weighted by molar-refractivity contribution is 7.89. The number of rotatable bonds is 4. The fourth-order valence-electron chi connectivity index (χ4n) is 2.44. The van der Waals surface area contributed by atoms with Crippen LogP contribution < -0.4 is 10.0 Å². The van der Waals surface area contributed by atoms with Gasteiger partial charge in [-0.25, -0.2) is 18.4 Å². The minimum absolute atomic E-state index is 0.0148. The van der Waals surface area contributed by atoms with Gasteiger partial charge in [-0.05, 0) is 12.1 Å². The molecule has 1 aromatic carbocycles. The number of nitrogens with zero attached hydrogens (tertiary/aromatic N) is 1. The average molecular weight is 328 g/mol. The predicted octanol–water partition coefficient (Wildman–Crippen LogP) is -0.180. The van der Waals surface area contributed by atoms with Crippen LogP contribution in [0.1, 0.15) is 16.8 Å². The minimum atomic E-state index is -3.66. The Balaban J connectivity index is 2.20. The van der Waals surface area contributed by atoms with E-state index in [2.05, 4.69) is 4.74 Å². The summed E-state index contributed by atoms with van der Waals surface area (Å²) >= 11 is 0. The molecule has 3 N–H and O–H groups in total. The highest BCUT2D eigenvalue weighted by Crippen LogP contribution is 2.30. The van der Waals surface area contributed by atoms with E-state index in [1.807, 2.05) is 0 Å². The van der Waals surface area contributed by atoms with Crippen LogP contribution in [0.25, 0.3) is 0 Å². The number of hydrogen-bond donors (Lipinski definition) is 2. The lowest BCUT2D eigenvalue weighted by Gasteiger charge is -2.17. The van der Waals surface area contributed by atoms with Gasteiger partial charge in [0.2, 0.25) is 15.9 Å². The Morgan fingerprint density at radius 3 is 2.73 bits per heavy atom. The summed E-state index contributed by atoms with van der Waals surface area (Å²) in [6, 6.07) is 4.10. The second-order valence-electron chi connectivity index (χ2n) is 5.10. The lowest BCUT2D eigenvalue weighted by Crippen LogP contribution is -2.27. The zero-order chi connectivity index (χ0) is 16.5. The van der Waals surface area contributed by atoms with E-state index in [0.29, 0.717) is 5.69 Å². The molecule has 2 rings (SSSR count). The van der Waals surface area contributed by atoms with Crippen molar-refractivity contribution in [3.63, 3.8) is 0 Å². The van der Waals surface area contributed by atoms with Crippen LogP contribution >= 0.6 is 0 Å². The average Bonchev–Trinajstić information content (AvgIpc) is 2.76. The molecule has 1 aliphatic rings. The number of hydrogen-bond acceptors (Lipinski definition) is 6. The molecule has 1 saturated heterocycles. The van der Waals surface area contributed by atoms with E-state index in [4.69, 9.17) is 5.14 Å². The Morgan fingerprint density at radius 1 is 1.50 bits per heavy atom. The molecule has 0 aromatic heterocycles. The molecular weight excluding hydrogens is 312 g/mol.